The van der Waals surface area contributed by atoms with E-state index in [9.17, 15) is 0 Å². The molecule has 1 aromatic carbocycles. The summed E-state index contributed by atoms with van der Waals surface area (Å²) in [5.74, 6) is 0. The summed E-state index contributed by atoms with van der Waals surface area (Å²) in [7, 11) is 0. The van der Waals surface area contributed by atoms with Gasteiger partial charge in [0, 0.05) is 0 Å². The predicted octanol–water partition coefficient (Wildman–Crippen LogP) is 5.34. The van der Waals surface area contributed by atoms with Crippen LogP contribution in [0.2, 0.25) is 0 Å². The van der Waals surface area contributed by atoms with E-state index in [-0.39, 0.29) is 0 Å². The number of allylic oxidation sites excluding steroid dienone is 2. The molecule has 1 rings (SSSR count). The molecule has 0 fully saturated rings. The number of rotatable bonds is 4. The Morgan fingerprint density at radius 3 is 2.12 bits per heavy atom. The van der Waals surface area contributed by atoms with Crippen molar-refractivity contribution in [2.75, 3.05) is 0 Å². The van der Waals surface area contributed by atoms with Crippen LogP contribution < -0.4 is 0 Å². The lowest BCUT2D eigenvalue weighted by Gasteiger charge is -2.02. The second-order valence-electron chi connectivity index (χ2n) is 3.11. The van der Waals surface area contributed by atoms with Crippen LogP contribution in [-0.4, -0.2) is 0 Å². The second-order valence-corrected chi connectivity index (χ2v) is 3.11. The largest absolute Gasteiger partial charge is 0.0988 e. The molecule has 0 aromatic heterocycles. The molecule has 0 atom stereocenters. The monoisotopic (exact) mass is 214 g/mol. The molecule has 16 heavy (non-hydrogen) atoms. The van der Waals surface area contributed by atoms with Crippen LogP contribution in [0, 0.1) is 0 Å². The minimum absolute atomic E-state index is 1.01. The van der Waals surface area contributed by atoms with Gasteiger partial charge in [-0.2, -0.15) is 0 Å². The first-order valence-electron chi connectivity index (χ1n) is 5.86. The van der Waals surface area contributed by atoms with Gasteiger partial charge >= 0.3 is 0 Å². The zero-order chi connectivity index (χ0) is 12.4. The molecule has 0 radical (unpaired) electrons. The van der Waals surface area contributed by atoms with Crippen molar-refractivity contribution in [2.24, 2.45) is 0 Å². The van der Waals surface area contributed by atoms with Crippen LogP contribution in [0.5, 0.6) is 0 Å². The van der Waals surface area contributed by atoms with E-state index in [2.05, 4.69) is 38.3 Å². The molecule has 86 valence electrons. The van der Waals surface area contributed by atoms with Gasteiger partial charge in [0.2, 0.25) is 0 Å². The molecule has 0 heterocycles. The molecular formula is C16H22. The first-order chi connectivity index (χ1) is 7.81. The highest BCUT2D eigenvalue weighted by Gasteiger charge is 1.95. The van der Waals surface area contributed by atoms with Gasteiger partial charge in [-0.15, -0.1) is 0 Å². The van der Waals surface area contributed by atoms with Crippen molar-refractivity contribution < 1.29 is 0 Å². The topological polar surface area (TPSA) is 0 Å². The summed E-state index contributed by atoms with van der Waals surface area (Å²) in [5, 5.41) is 0. The van der Waals surface area contributed by atoms with Gasteiger partial charge in [0.25, 0.3) is 0 Å². The fraction of sp³-hybridized carbons (Fsp3) is 0.250. The van der Waals surface area contributed by atoms with Crippen LogP contribution >= 0.6 is 0 Å². The van der Waals surface area contributed by atoms with Crippen LogP contribution in [0.3, 0.4) is 0 Å². The molecule has 0 N–H and O–H groups in total. The van der Waals surface area contributed by atoms with E-state index in [0.29, 0.717) is 0 Å². The maximum absolute atomic E-state index is 3.80. The third-order valence-corrected chi connectivity index (χ3v) is 2.23. The highest BCUT2D eigenvalue weighted by atomic mass is 14.0. The Bertz CT molecular complexity index is 356. The van der Waals surface area contributed by atoms with E-state index in [4.69, 9.17) is 0 Å². The number of hydrogen-bond donors (Lipinski definition) is 0. The summed E-state index contributed by atoms with van der Waals surface area (Å²) in [6.07, 6.45) is 6.95. The Kier molecular flexibility index (Phi) is 7.87. The molecule has 0 amide bonds. The summed E-state index contributed by atoms with van der Waals surface area (Å²) in [6.45, 7) is 13.7. The molecule has 0 nitrogen and oxygen atoms in total. The van der Waals surface area contributed by atoms with Gasteiger partial charge in [0.05, 0.1) is 0 Å². The van der Waals surface area contributed by atoms with E-state index < -0.39 is 0 Å². The Balaban J connectivity index is 0.00000106. The molecule has 0 heteroatoms. The Hall–Kier alpha value is -1.56. The van der Waals surface area contributed by atoms with Crippen LogP contribution in [-0.2, 0) is 0 Å². The van der Waals surface area contributed by atoms with Gasteiger partial charge in [0.1, 0.15) is 0 Å². The average molecular weight is 214 g/mol. The average Bonchev–Trinajstić information content (AvgIpc) is 2.38. The molecule has 0 aliphatic rings. The van der Waals surface area contributed by atoms with Crippen molar-refractivity contribution in [3.05, 3.63) is 60.2 Å². The van der Waals surface area contributed by atoms with Gasteiger partial charge in [0.15, 0.2) is 0 Å². The normalized spacial score (nSPS) is 10.1. The quantitative estimate of drug-likeness (QED) is 0.594. The van der Waals surface area contributed by atoms with E-state index >= 15 is 0 Å². The summed E-state index contributed by atoms with van der Waals surface area (Å²) >= 11 is 0. The van der Waals surface area contributed by atoms with E-state index in [1.165, 1.54) is 16.7 Å². The van der Waals surface area contributed by atoms with E-state index in [0.717, 1.165) is 6.42 Å². The minimum Gasteiger partial charge on any atom is -0.0988 e. The van der Waals surface area contributed by atoms with Crippen LogP contribution in [0.15, 0.2) is 49.1 Å². The third-order valence-electron chi connectivity index (χ3n) is 2.23. The summed E-state index contributed by atoms with van der Waals surface area (Å²) < 4.78 is 0. The van der Waals surface area contributed by atoms with Crippen molar-refractivity contribution in [1.29, 1.82) is 0 Å². The molecule has 0 bridgehead atoms. The van der Waals surface area contributed by atoms with Crippen molar-refractivity contribution in [2.45, 2.75) is 27.2 Å². The van der Waals surface area contributed by atoms with Crippen LogP contribution in [0.1, 0.15) is 38.3 Å². The second kappa shape index (κ2) is 8.72. The Morgan fingerprint density at radius 1 is 1.12 bits per heavy atom. The first kappa shape index (κ1) is 14.4. The van der Waals surface area contributed by atoms with Crippen molar-refractivity contribution in [1.82, 2.24) is 0 Å². The highest BCUT2D eigenvalue weighted by molar-refractivity contribution is 5.66. The molecule has 0 saturated carbocycles. The Morgan fingerprint density at radius 2 is 1.69 bits per heavy atom. The summed E-state index contributed by atoms with van der Waals surface area (Å²) in [6, 6.07) is 8.22. The van der Waals surface area contributed by atoms with E-state index in [1.54, 1.807) is 0 Å². The lowest BCUT2D eigenvalue weighted by molar-refractivity contribution is 1.16. The minimum atomic E-state index is 1.01. The number of hydrogen-bond acceptors (Lipinski definition) is 0. The zero-order valence-electron chi connectivity index (χ0n) is 10.7. The standard InChI is InChI=1S/C14H16.C2H6/c1-4-12(5-2)11-14-10-8-7-9-13(14)6-3;1-2/h4,6-11H,1,3,5H2,2H3;1-2H3/b12-11+;. The molecule has 0 spiro atoms. The van der Waals surface area contributed by atoms with E-state index in [1.807, 2.05) is 38.1 Å². The molecule has 0 saturated heterocycles. The van der Waals surface area contributed by atoms with Gasteiger partial charge in [-0.05, 0) is 23.1 Å². The lowest BCUT2D eigenvalue weighted by atomic mass is 10.0. The van der Waals surface area contributed by atoms with Crippen LogP contribution in [0.4, 0.5) is 0 Å². The third kappa shape index (κ3) is 4.31. The van der Waals surface area contributed by atoms with Crippen LogP contribution in [0.25, 0.3) is 12.2 Å². The molecule has 0 unspecified atom stereocenters. The van der Waals surface area contributed by atoms with Gasteiger partial charge in [-0.1, -0.05) is 76.4 Å². The summed E-state index contributed by atoms with van der Waals surface area (Å²) in [4.78, 5) is 0. The highest BCUT2D eigenvalue weighted by Crippen LogP contribution is 2.15. The first-order valence-corrected chi connectivity index (χ1v) is 5.86. The van der Waals surface area contributed by atoms with Crippen molar-refractivity contribution in [3.8, 4) is 0 Å². The zero-order valence-corrected chi connectivity index (χ0v) is 10.7. The maximum Gasteiger partial charge on any atom is -0.0182 e. The molecular weight excluding hydrogens is 192 g/mol. The van der Waals surface area contributed by atoms with Crippen molar-refractivity contribution >= 4 is 12.2 Å². The predicted molar refractivity (Wildman–Crippen MR) is 76.3 cm³/mol. The fourth-order valence-electron chi connectivity index (χ4n) is 1.33. The smallest absolute Gasteiger partial charge is 0.0182 e. The lowest BCUT2D eigenvalue weighted by Crippen LogP contribution is -1.81. The maximum atomic E-state index is 3.80. The fourth-order valence-corrected chi connectivity index (χ4v) is 1.33. The SMILES string of the molecule is C=C/C(=C\c1ccccc1C=C)CC.CC. The molecule has 1 aromatic rings. The van der Waals surface area contributed by atoms with Crippen molar-refractivity contribution in [3.63, 3.8) is 0 Å². The number of benzene rings is 1. The Labute approximate surface area is 100 Å². The molecule has 0 aliphatic carbocycles. The molecule has 0 aliphatic heterocycles. The van der Waals surface area contributed by atoms with Gasteiger partial charge in [-0.3, -0.25) is 0 Å². The van der Waals surface area contributed by atoms with Gasteiger partial charge < -0.3 is 0 Å². The van der Waals surface area contributed by atoms with Gasteiger partial charge in [-0.25, -0.2) is 0 Å². The summed E-state index contributed by atoms with van der Waals surface area (Å²) in [5.41, 5.74) is 3.62.